The molecule has 0 saturated carbocycles. The highest BCUT2D eigenvalue weighted by Gasteiger charge is 2.28. The summed E-state index contributed by atoms with van der Waals surface area (Å²) in [5, 5.41) is 7.22. The molecule has 3 rings (SSSR count). The number of amides is 2. The minimum Gasteiger partial charge on any atom is -0.342 e. The van der Waals surface area contributed by atoms with Crippen molar-refractivity contribution >= 4 is 17.6 Å². The lowest BCUT2D eigenvalue weighted by molar-refractivity contribution is -0.133. The van der Waals surface area contributed by atoms with E-state index in [0.29, 0.717) is 38.2 Å². The van der Waals surface area contributed by atoms with Gasteiger partial charge >= 0.3 is 0 Å². The van der Waals surface area contributed by atoms with E-state index in [-0.39, 0.29) is 17.7 Å². The van der Waals surface area contributed by atoms with Gasteiger partial charge in [0.1, 0.15) is 5.82 Å². The second-order valence-corrected chi connectivity index (χ2v) is 6.81. The Balaban J connectivity index is 1.53. The van der Waals surface area contributed by atoms with Gasteiger partial charge in [-0.15, -0.1) is 0 Å². The van der Waals surface area contributed by atoms with Gasteiger partial charge in [-0.3, -0.25) is 14.3 Å². The van der Waals surface area contributed by atoms with Crippen LogP contribution in [0.4, 0.5) is 5.82 Å². The van der Waals surface area contributed by atoms with Gasteiger partial charge in [0.05, 0.1) is 12.1 Å². The number of likely N-dealkylation sites (tertiary alicyclic amines) is 1. The molecule has 0 radical (unpaired) electrons. The van der Waals surface area contributed by atoms with E-state index in [1.165, 1.54) is 0 Å². The van der Waals surface area contributed by atoms with Gasteiger partial charge in [-0.05, 0) is 38.8 Å². The monoisotopic (exact) mass is 355 g/mol. The number of nitrogens with one attached hydrogen (secondary N) is 1. The zero-order valence-electron chi connectivity index (χ0n) is 15.5. The molecule has 7 heteroatoms. The first-order valence-electron chi connectivity index (χ1n) is 8.94. The fraction of sp³-hybridized carbons (Fsp3) is 0.474. The highest BCUT2D eigenvalue weighted by molar-refractivity contribution is 5.91. The number of rotatable bonds is 4. The van der Waals surface area contributed by atoms with Crippen molar-refractivity contribution in [3.63, 3.8) is 0 Å². The van der Waals surface area contributed by atoms with E-state index in [1.54, 1.807) is 12.3 Å². The van der Waals surface area contributed by atoms with Gasteiger partial charge in [-0.1, -0.05) is 6.07 Å². The smallest absolute Gasteiger partial charge is 0.228 e. The van der Waals surface area contributed by atoms with E-state index >= 15 is 0 Å². The molecular formula is C19H25N5O2. The third-order valence-electron chi connectivity index (χ3n) is 5.12. The normalized spacial score (nSPS) is 15.1. The fourth-order valence-corrected chi connectivity index (χ4v) is 3.39. The quantitative estimate of drug-likeness (QED) is 0.908. The van der Waals surface area contributed by atoms with E-state index in [4.69, 9.17) is 0 Å². The Labute approximate surface area is 153 Å². The van der Waals surface area contributed by atoms with Gasteiger partial charge in [0, 0.05) is 43.5 Å². The van der Waals surface area contributed by atoms with Gasteiger partial charge in [-0.2, -0.15) is 5.10 Å². The minimum atomic E-state index is -0.0806. The van der Waals surface area contributed by atoms with Crippen molar-refractivity contribution in [2.75, 3.05) is 18.4 Å². The van der Waals surface area contributed by atoms with Crippen molar-refractivity contribution < 1.29 is 9.59 Å². The number of anilines is 1. The van der Waals surface area contributed by atoms with Crippen molar-refractivity contribution in [1.82, 2.24) is 19.7 Å². The van der Waals surface area contributed by atoms with Crippen molar-refractivity contribution in [3.05, 3.63) is 41.3 Å². The van der Waals surface area contributed by atoms with Crippen molar-refractivity contribution in [2.45, 2.75) is 33.1 Å². The van der Waals surface area contributed by atoms with Crippen LogP contribution in [0.15, 0.2) is 24.4 Å². The predicted octanol–water partition coefficient (Wildman–Crippen LogP) is 1.85. The number of aryl methyl sites for hydroxylation is 2. The first kappa shape index (κ1) is 18.1. The van der Waals surface area contributed by atoms with Gasteiger partial charge < -0.3 is 10.2 Å². The van der Waals surface area contributed by atoms with E-state index in [9.17, 15) is 9.59 Å². The lowest BCUT2D eigenvalue weighted by atomic mass is 9.95. The summed E-state index contributed by atoms with van der Waals surface area (Å²) in [6.45, 7) is 5.13. The number of carbonyl (C=O) groups is 2. The molecule has 1 fully saturated rings. The molecule has 1 N–H and O–H groups in total. The zero-order chi connectivity index (χ0) is 18.7. The average Bonchev–Trinajstić information content (AvgIpc) is 2.88. The molecule has 138 valence electrons. The Morgan fingerprint density at radius 1 is 1.23 bits per heavy atom. The Morgan fingerprint density at radius 3 is 2.54 bits per heavy atom. The Hall–Kier alpha value is -2.70. The number of pyridine rings is 1. The second kappa shape index (κ2) is 7.68. The number of hydrogen-bond acceptors (Lipinski definition) is 4. The average molecular weight is 355 g/mol. The molecule has 0 aromatic carbocycles. The van der Waals surface area contributed by atoms with Gasteiger partial charge in [0.25, 0.3) is 0 Å². The first-order chi connectivity index (χ1) is 12.5. The Morgan fingerprint density at radius 2 is 1.96 bits per heavy atom. The maximum Gasteiger partial charge on any atom is 0.228 e. The van der Waals surface area contributed by atoms with Crippen molar-refractivity contribution in [3.8, 4) is 0 Å². The van der Waals surface area contributed by atoms with Crippen LogP contribution >= 0.6 is 0 Å². The third-order valence-corrected chi connectivity index (χ3v) is 5.12. The highest BCUT2D eigenvalue weighted by Crippen LogP contribution is 2.21. The number of nitrogens with zero attached hydrogens (tertiary/aromatic N) is 4. The summed E-state index contributed by atoms with van der Waals surface area (Å²) in [6.07, 6.45) is 3.38. The summed E-state index contributed by atoms with van der Waals surface area (Å²) in [5.41, 5.74) is 2.94. The van der Waals surface area contributed by atoms with Crippen LogP contribution in [-0.2, 0) is 23.1 Å². The maximum absolute atomic E-state index is 12.6. The van der Waals surface area contributed by atoms with Crippen LogP contribution in [-0.4, -0.2) is 44.6 Å². The molecule has 1 aliphatic rings. The van der Waals surface area contributed by atoms with E-state index in [1.807, 2.05) is 42.6 Å². The molecule has 0 atom stereocenters. The molecule has 2 aromatic rings. The molecule has 3 heterocycles. The standard InChI is InChI=1S/C19H25N5O2/c1-13-16(14(2)23(3)22-13)12-18(25)24-10-7-15(8-11-24)19(26)21-17-6-4-5-9-20-17/h4-6,9,15H,7-8,10-12H2,1-3H3,(H,20,21,26). The predicted molar refractivity (Wildman–Crippen MR) is 98.6 cm³/mol. The molecular weight excluding hydrogens is 330 g/mol. The molecule has 26 heavy (non-hydrogen) atoms. The number of hydrogen-bond donors (Lipinski definition) is 1. The van der Waals surface area contributed by atoms with Gasteiger partial charge in [-0.25, -0.2) is 4.98 Å². The largest absolute Gasteiger partial charge is 0.342 e. The number of piperidine rings is 1. The van der Waals surface area contributed by atoms with Crippen LogP contribution in [0.25, 0.3) is 0 Å². The van der Waals surface area contributed by atoms with Gasteiger partial charge in [0.2, 0.25) is 11.8 Å². The summed E-state index contributed by atoms with van der Waals surface area (Å²) >= 11 is 0. The number of carbonyl (C=O) groups excluding carboxylic acids is 2. The third kappa shape index (κ3) is 3.92. The molecule has 1 aliphatic heterocycles. The van der Waals surface area contributed by atoms with Crippen LogP contribution in [0.2, 0.25) is 0 Å². The maximum atomic E-state index is 12.6. The van der Waals surface area contributed by atoms with Gasteiger partial charge in [0.15, 0.2) is 0 Å². The van der Waals surface area contributed by atoms with Crippen molar-refractivity contribution in [2.24, 2.45) is 13.0 Å². The Kier molecular flexibility index (Phi) is 5.35. The van der Waals surface area contributed by atoms with E-state index in [0.717, 1.165) is 17.0 Å². The fourth-order valence-electron chi connectivity index (χ4n) is 3.39. The second-order valence-electron chi connectivity index (χ2n) is 6.81. The molecule has 0 unspecified atom stereocenters. The summed E-state index contributed by atoms with van der Waals surface area (Å²) < 4.78 is 1.81. The molecule has 0 aliphatic carbocycles. The lowest BCUT2D eigenvalue weighted by Gasteiger charge is -2.31. The molecule has 1 saturated heterocycles. The SMILES string of the molecule is Cc1nn(C)c(C)c1CC(=O)N1CCC(C(=O)Nc2ccccn2)CC1. The highest BCUT2D eigenvalue weighted by atomic mass is 16.2. The van der Waals surface area contributed by atoms with Crippen LogP contribution in [0.5, 0.6) is 0 Å². The lowest BCUT2D eigenvalue weighted by Crippen LogP contribution is -2.42. The Bertz CT molecular complexity index is 792. The molecule has 7 nitrogen and oxygen atoms in total. The molecule has 2 aromatic heterocycles. The summed E-state index contributed by atoms with van der Waals surface area (Å²) in [4.78, 5) is 31.0. The van der Waals surface area contributed by atoms with Crippen LogP contribution in [0.3, 0.4) is 0 Å². The molecule has 2 amide bonds. The zero-order valence-corrected chi connectivity index (χ0v) is 15.5. The van der Waals surface area contributed by atoms with Crippen LogP contribution in [0.1, 0.15) is 29.8 Å². The van der Waals surface area contributed by atoms with Crippen LogP contribution < -0.4 is 5.32 Å². The summed E-state index contributed by atoms with van der Waals surface area (Å²) in [6, 6.07) is 5.42. The molecule has 0 spiro atoms. The number of aromatic nitrogens is 3. The minimum absolute atomic E-state index is 0.0188. The first-order valence-corrected chi connectivity index (χ1v) is 8.94. The topological polar surface area (TPSA) is 80.1 Å². The summed E-state index contributed by atoms with van der Waals surface area (Å²) in [7, 11) is 1.89. The van der Waals surface area contributed by atoms with Crippen LogP contribution in [0, 0.1) is 19.8 Å². The van der Waals surface area contributed by atoms with Crippen molar-refractivity contribution in [1.29, 1.82) is 0 Å². The molecule has 0 bridgehead atoms. The van der Waals surface area contributed by atoms with E-state index < -0.39 is 0 Å². The van der Waals surface area contributed by atoms with E-state index in [2.05, 4.69) is 15.4 Å². The summed E-state index contributed by atoms with van der Waals surface area (Å²) in [5.74, 6) is 0.573.